The Hall–Kier alpha value is -2.52. The first-order valence-electron chi connectivity index (χ1n) is 10.9. The third-order valence-electron chi connectivity index (χ3n) is 5.94. The Morgan fingerprint density at radius 1 is 1.38 bits per heavy atom. The molecule has 166 valence electrons. The van der Waals surface area contributed by atoms with Gasteiger partial charge in [0.25, 0.3) is 0 Å². The number of piperidine rings is 1. The number of carbonyl (C=O) groups excluding carboxylic acids is 1. The number of amides is 1. The third-order valence-corrected chi connectivity index (χ3v) is 7.38. The molecule has 2 aliphatic rings. The van der Waals surface area contributed by atoms with Gasteiger partial charge in [0.15, 0.2) is 5.65 Å². The summed E-state index contributed by atoms with van der Waals surface area (Å²) >= 11 is 5.22. The van der Waals surface area contributed by atoms with Gasteiger partial charge in [-0.15, -0.1) is 11.3 Å². The summed E-state index contributed by atoms with van der Waals surface area (Å²) in [5.74, 6) is 1.31. The third kappa shape index (κ3) is 4.63. The molecule has 0 bridgehead atoms. The summed E-state index contributed by atoms with van der Waals surface area (Å²) in [5.41, 5.74) is 2.97. The van der Waals surface area contributed by atoms with Crippen molar-refractivity contribution in [3.05, 3.63) is 56.5 Å². The molecule has 1 N–H and O–H groups in total. The number of hydrogen-bond acceptors (Lipinski definition) is 6. The minimum atomic E-state index is 0.200. The lowest BCUT2D eigenvalue weighted by Gasteiger charge is -2.32. The topological polar surface area (TPSA) is 74.9 Å². The van der Waals surface area contributed by atoms with Gasteiger partial charge >= 0.3 is 0 Å². The van der Waals surface area contributed by atoms with Crippen LogP contribution in [0.5, 0.6) is 0 Å². The molecule has 0 aromatic carbocycles. The quantitative estimate of drug-likeness (QED) is 0.533. The Labute approximate surface area is 199 Å². The number of thiophene rings is 1. The number of nitrogens with one attached hydrogen (secondary N) is 1. The van der Waals surface area contributed by atoms with Crippen LogP contribution in [0.15, 0.2) is 50.9 Å². The highest BCUT2D eigenvalue weighted by Gasteiger charge is 2.27. The highest BCUT2D eigenvalue weighted by molar-refractivity contribution is 9.10. The van der Waals surface area contributed by atoms with E-state index in [0.717, 1.165) is 58.9 Å². The van der Waals surface area contributed by atoms with Crippen LogP contribution in [-0.4, -0.2) is 57.8 Å². The Morgan fingerprint density at radius 2 is 2.31 bits per heavy atom. The predicted octanol–water partition coefficient (Wildman–Crippen LogP) is 4.31. The molecule has 1 amide bonds. The average Bonchev–Trinajstić information content (AvgIpc) is 3.48. The van der Waals surface area contributed by atoms with Crippen LogP contribution in [0.4, 0.5) is 5.82 Å². The van der Waals surface area contributed by atoms with Gasteiger partial charge in [-0.2, -0.15) is 9.61 Å². The summed E-state index contributed by atoms with van der Waals surface area (Å²) in [6, 6.07) is 6.12. The van der Waals surface area contributed by atoms with Gasteiger partial charge in [0.1, 0.15) is 5.82 Å². The van der Waals surface area contributed by atoms with Crippen molar-refractivity contribution in [2.75, 3.05) is 31.5 Å². The number of anilines is 1. The van der Waals surface area contributed by atoms with E-state index in [1.54, 1.807) is 17.5 Å². The number of aliphatic imine (C=N–C) groups is 1. The maximum Gasteiger partial charge on any atom is 0.227 e. The molecule has 0 spiro atoms. The van der Waals surface area contributed by atoms with E-state index < -0.39 is 0 Å². The van der Waals surface area contributed by atoms with E-state index in [2.05, 4.69) is 43.5 Å². The maximum atomic E-state index is 12.9. The van der Waals surface area contributed by atoms with Gasteiger partial charge in [-0.3, -0.25) is 9.79 Å². The normalized spacial score (nSPS) is 18.7. The van der Waals surface area contributed by atoms with Crippen LogP contribution in [0.2, 0.25) is 0 Å². The van der Waals surface area contributed by atoms with E-state index in [1.807, 2.05) is 33.1 Å². The van der Waals surface area contributed by atoms with Crippen molar-refractivity contribution in [2.24, 2.45) is 4.99 Å². The second-order valence-corrected chi connectivity index (χ2v) is 10.1. The van der Waals surface area contributed by atoms with E-state index in [-0.39, 0.29) is 11.8 Å². The van der Waals surface area contributed by atoms with Crippen LogP contribution in [0.3, 0.4) is 0 Å². The molecule has 7 nitrogen and oxygen atoms in total. The number of fused-ring (bicyclic) bond motifs is 1. The standard InChI is InChI=1S/C23H25BrN6OS/c24-19-14-27-30-21(26-13-16-4-1-7-25-12-16)11-20(28-23(19)30)17-5-2-8-29(15-17)22(31)10-18-6-3-9-32-18/h3-4,6,9,11-12,14,17,26H,1-2,5,7-8,10,13,15H2. The lowest BCUT2D eigenvalue weighted by molar-refractivity contribution is -0.131. The number of aromatic nitrogens is 3. The average molecular weight is 513 g/mol. The van der Waals surface area contributed by atoms with Gasteiger partial charge in [-0.05, 0) is 52.2 Å². The molecule has 1 saturated heterocycles. The highest BCUT2D eigenvalue weighted by Crippen LogP contribution is 2.30. The largest absolute Gasteiger partial charge is 0.366 e. The monoisotopic (exact) mass is 512 g/mol. The highest BCUT2D eigenvalue weighted by atomic mass is 79.9. The van der Waals surface area contributed by atoms with E-state index in [9.17, 15) is 4.79 Å². The van der Waals surface area contributed by atoms with E-state index in [4.69, 9.17) is 4.98 Å². The van der Waals surface area contributed by atoms with E-state index in [1.165, 1.54) is 5.57 Å². The molecular formula is C23H25BrN6OS. The lowest BCUT2D eigenvalue weighted by Crippen LogP contribution is -2.40. The zero-order chi connectivity index (χ0) is 21.9. The van der Waals surface area contributed by atoms with Crippen LogP contribution < -0.4 is 5.32 Å². The second kappa shape index (κ2) is 9.54. The molecule has 32 heavy (non-hydrogen) atoms. The molecular weight excluding hydrogens is 488 g/mol. The van der Waals surface area contributed by atoms with Crippen molar-refractivity contribution >= 4 is 50.9 Å². The molecule has 1 atom stereocenters. The summed E-state index contributed by atoms with van der Waals surface area (Å²) < 4.78 is 2.69. The van der Waals surface area contributed by atoms with Crippen molar-refractivity contribution in [2.45, 2.75) is 31.6 Å². The minimum absolute atomic E-state index is 0.200. The number of likely N-dealkylation sites (tertiary alicyclic amines) is 1. The summed E-state index contributed by atoms with van der Waals surface area (Å²) in [7, 11) is 0. The molecule has 5 heterocycles. The molecule has 1 fully saturated rings. The Balaban J connectivity index is 1.36. The molecule has 9 heteroatoms. The molecule has 2 aliphatic heterocycles. The molecule has 1 unspecified atom stereocenters. The molecule has 3 aromatic heterocycles. The second-order valence-electron chi connectivity index (χ2n) is 8.19. The smallest absolute Gasteiger partial charge is 0.227 e. The summed E-state index contributed by atoms with van der Waals surface area (Å²) in [5, 5.41) is 10.0. The zero-order valence-corrected chi connectivity index (χ0v) is 20.1. The first kappa shape index (κ1) is 21.3. The van der Waals surface area contributed by atoms with Gasteiger partial charge in [0.05, 0.1) is 22.8 Å². The summed E-state index contributed by atoms with van der Waals surface area (Å²) in [4.78, 5) is 25.3. The van der Waals surface area contributed by atoms with Gasteiger partial charge < -0.3 is 10.2 Å². The SMILES string of the molecule is O=C(Cc1cccs1)N1CCCC(c2cc(NCC3=CCCN=C3)n3ncc(Br)c3n2)C1. The van der Waals surface area contributed by atoms with Crippen LogP contribution in [0.1, 0.15) is 35.8 Å². The minimum Gasteiger partial charge on any atom is -0.366 e. The number of halogens is 1. The van der Waals surface area contributed by atoms with Crippen molar-refractivity contribution in [3.63, 3.8) is 0 Å². The Morgan fingerprint density at radius 3 is 3.12 bits per heavy atom. The van der Waals surface area contributed by atoms with Gasteiger partial charge in [0.2, 0.25) is 5.91 Å². The fourth-order valence-corrected chi connectivity index (χ4v) is 5.32. The molecule has 5 rings (SSSR count). The fraction of sp³-hybridized carbons (Fsp3) is 0.391. The van der Waals surface area contributed by atoms with Crippen LogP contribution in [0, 0.1) is 0 Å². The maximum absolute atomic E-state index is 12.9. The molecule has 0 saturated carbocycles. The van der Waals surface area contributed by atoms with Gasteiger partial charge in [0, 0.05) is 49.3 Å². The fourth-order valence-electron chi connectivity index (χ4n) is 4.28. The molecule has 0 radical (unpaired) electrons. The molecule has 3 aromatic rings. The Bertz CT molecular complexity index is 1170. The van der Waals surface area contributed by atoms with Crippen molar-refractivity contribution in [1.29, 1.82) is 0 Å². The first-order valence-corrected chi connectivity index (χ1v) is 12.6. The number of rotatable bonds is 6. The molecule has 0 aliphatic carbocycles. The zero-order valence-electron chi connectivity index (χ0n) is 17.7. The van der Waals surface area contributed by atoms with Crippen LogP contribution in [0.25, 0.3) is 5.65 Å². The van der Waals surface area contributed by atoms with Crippen molar-refractivity contribution < 1.29 is 4.79 Å². The van der Waals surface area contributed by atoms with Crippen molar-refractivity contribution in [1.82, 2.24) is 19.5 Å². The number of dihydropyridines is 1. The van der Waals surface area contributed by atoms with Crippen LogP contribution >= 0.6 is 27.3 Å². The number of nitrogens with zero attached hydrogens (tertiary/aromatic N) is 5. The first-order chi connectivity index (χ1) is 15.7. The van der Waals surface area contributed by atoms with Crippen LogP contribution in [-0.2, 0) is 11.2 Å². The Kier molecular flexibility index (Phi) is 6.36. The van der Waals surface area contributed by atoms with E-state index in [0.29, 0.717) is 19.5 Å². The summed E-state index contributed by atoms with van der Waals surface area (Å²) in [6.45, 7) is 3.08. The predicted molar refractivity (Wildman–Crippen MR) is 132 cm³/mol. The van der Waals surface area contributed by atoms with Gasteiger partial charge in [-0.25, -0.2) is 4.98 Å². The summed E-state index contributed by atoms with van der Waals surface area (Å²) in [6.07, 6.45) is 9.40. The van der Waals surface area contributed by atoms with E-state index >= 15 is 0 Å². The van der Waals surface area contributed by atoms with Crippen molar-refractivity contribution in [3.8, 4) is 0 Å². The number of carbonyl (C=O) groups is 1. The number of hydrogen-bond donors (Lipinski definition) is 1. The lowest BCUT2D eigenvalue weighted by atomic mass is 9.94. The van der Waals surface area contributed by atoms with Gasteiger partial charge in [-0.1, -0.05) is 12.1 Å².